The average Bonchev–Trinajstić information content (AvgIpc) is 2.75. The molecule has 3 aromatic rings. The number of carboxylic acids is 4. The molecule has 2 aromatic carbocycles. The first kappa shape index (κ1) is 26.1. The van der Waals surface area contributed by atoms with Gasteiger partial charge >= 0.3 is 23.9 Å². The summed E-state index contributed by atoms with van der Waals surface area (Å²) in [5.74, 6) is -5.01. The maximum atomic E-state index is 11.5. The minimum absolute atomic E-state index is 0.0141. The average molecular weight is 454 g/mol. The van der Waals surface area contributed by atoms with E-state index in [9.17, 15) is 24.0 Å². The number of fused-ring (bicyclic) bond motifs is 2. The molecule has 0 aliphatic heterocycles. The number of carboxylic acid groups (broad SMARTS) is 4. The molecule has 0 bridgehead atoms. The molecule has 1 aromatic heterocycles. The first-order valence-electron chi connectivity index (χ1n) is 8.95. The Hall–Kier alpha value is -4.93. The largest absolute Gasteiger partial charge is 0.478 e. The summed E-state index contributed by atoms with van der Waals surface area (Å²) in [5, 5.41) is 31.2. The van der Waals surface area contributed by atoms with Crippen molar-refractivity contribution in [1.82, 2.24) is 9.97 Å². The van der Waals surface area contributed by atoms with E-state index in [-0.39, 0.29) is 5.78 Å². The monoisotopic (exact) mass is 454 g/mol. The van der Waals surface area contributed by atoms with E-state index in [2.05, 4.69) is 9.97 Å². The van der Waals surface area contributed by atoms with Crippen LogP contribution in [0.3, 0.4) is 0 Å². The summed E-state index contributed by atoms with van der Waals surface area (Å²) in [6.45, 7) is 1.55. The number of Topliss-reactive ketones (excluding diaryl/α,β-unsaturated/α-hetero) is 1. The van der Waals surface area contributed by atoms with E-state index in [0.29, 0.717) is 35.4 Å². The second-order valence-electron chi connectivity index (χ2n) is 5.96. The molecular formula is C22H18N2O9. The molecule has 33 heavy (non-hydrogen) atoms. The Balaban J connectivity index is 0.000000288. The van der Waals surface area contributed by atoms with Crippen molar-refractivity contribution in [2.24, 2.45) is 0 Å². The SMILES string of the molecule is CC(=O)c1cccc2nc3ccccc3nc12.O=C(O)/C=C\C(=O)O.O=C(O)/C=C\C(=O)O. The smallest absolute Gasteiger partial charge is 0.328 e. The number of carbonyl (C=O) groups excluding carboxylic acids is 1. The topological polar surface area (TPSA) is 192 Å². The fraction of sp³-hybridized carbons (Fsp3) is 0.0455. The summed E-state index contributed by atoms with van der Waals surface area (Å²) >= 11 is 0. The summed E-state index contributed by atoms with van der Waals surface area (Å²) in [5.41, 5.74) is 3.73. The van der Waals surface area contributed by atoms with Crippen molar-refractivity contribution in [3.8, 4) is 0 Å². The van der Waals surface area contributed by atoms with Crippen LogP contribution in [-0.4, -0.2) is 60.1 Å². The van der Waals surface area contributed by atoms with Crippen LogP contribution < -0.4 is 0 Å². The molecule has 0 aliphatic rings. The molecule has 0 saturated carbocycles. The van der Waals surface area contributed by atoms with Gasteiger partial charge in [0.15, 0.2) is 5.78 Å². The van der Waals surface area contributed by atoms with Crippen LogP contribution >= 0.6 is 0 Å². The lowest BCUT2D eigenvalue weighted by Crippen LogP contribution is -1.97. The third-order valence-corrected chi connectivity index (χ3v) is 3.49. The molecule has 4 N–H and O–H groups in total. The first-order valence-corrected chi connectivity index (χ1v) is 8.95. The molecule has 0 saturated heterocycles. The van der Waals surface area contributed by atoms with Crippen molar-refractivity contribution in [2.45, 2.75) is 6.92 Å². The molecule has 1 heterocycles. The fourth-order valence-electron chi connectivity index (χ4n) is 2.21. The Bertz CT molecular complexity index is 1200. The molecule has 0 unspecified atom stereocenters. The molecule has 0 aliphatic carbocycles. The van der Waals surface area contributed by atoms with E-state index in [4.69, 9.17) is 20.4 Å². The molecule has 0 fully saturated rings. The zero-order valence-corrected chi connectivity index (χ0v) is 17.1. The van der Waals surface area contributed by atoms with Gasteiger partial charge in [0.05, 0.1) is 16.6 Å². The quantitative estimate of drug-likeness (QED) is 0.251. The molecule has 0 amide bonds. The number of aliphatic carboxylic acids is 4. The van der Waals surface area contributed by atoms with Crippen LogP contribution in [0.4, 0.5) is 0 Å². The normalized spacial score (nSPS) is 10.2. The highest BCUT2D eigenvalue weighted by molar-refractivity contribution is 6.05. The van der Waals surface area contributed by atoms with Crippen molar-refractivity contribution < 1.29 is 44.4 Å². The maximum Gasteiger partial charge on any atom is 0.328 e. The number of ketones is 1. The summed E-state index contributed by atoms with van der Waals surface area (Å²) in [6, 6.07) is 13.2. The fourth-order valence-corrected chi connectivity index (χ4v) is 2.21. The van der Waals surface area contributed by atoms with Gasteiger partial charge in [-0.3, -0.25) is 4.79 Å². The van der Waals surface area contributed by atoms with E-state index in [1.54, 1.807) is 13.0 Å². The zero-order chi connectivity index (χ0) is 25.0. The third-order valence-electron chi connectivity index (χ3n) is 3.49. The van der Waals surface area contributed by atoms with Crippen LogP contribution in [0.2, 0.25) is 0 Å². The number of hydrogen-bond donors (Lipinski definition) is 4. The van der Waals surface area contributed by atoms with Gasteiger partial charge in [-0.05, 0) is 31.2 Å². The zero-order valence-electron chi connectivity index (χ0n) is 17.1. The Morgan fingerprint density at radius 3 is 1.39 bits per heavy atom. The van der Waals surface area contributed by atoms with Gasteiger partial charge in [-0.25, -0.2) is 29.1 Å². The van der Waals surface area contributed by atoms with Gasteiger partial charge in [0.25, 0.3) is 0 Å². The Kier molecular flexibility index (Phi) is 10.0. The Morgan fingerprint density at radius 1 is 0.606 bits per heavy atom. The van der Waals surface area contributed by atoms with Gasteiger partial charge in [0, 0.05) is 29.9 Å². The second kappa shape index (κ2) is 12.7. The Morgan fingerprint density at radius 2 is 1.00 bits per heavy atom. The van der Waals surface area contributed by atoms with Gasteiger partial charge in [-0.15, -0.1) is 0 Å². The molecule has 11 heteroatoms. The van der Waals surface area contributed by atoms with Crippen LogP contribution in [0.5, 0.6) is 0 Å². The van der Waals surface area contributed by atoms with Crippen molar-refractivity contribution in [3.63, 3.8) is 0 Å². The van der Waals surface area contributed by atoms with Crippen LogP contribution in [0.1, 0.15) is 17.3 Å². The van der Waals surface area contributed by atoms with Crippen LogP contribution in [0.25, 0.3) is 22.1 Å². The summed E-state index contributed by atoms with van der Waals surface area (Å²) in [6.07, 6.45) is 2.23. The number of rotatable bonds is 5. The van der Waals surface area contributed by atoms with Crippen molar-refractivity contribution in [1.29, 1.82) is 0 Å². The highest BCUT2D eigenvalue weighted by Gasteiger charge is 2.08. The molecule has 170 valence electrons. The van der Waals surface area contributed by atoms with Gasteiger partial charge in [0.2, 0.25) is 0 Å². The standard InChI is InChI=1S/C14H10N2O.2C4H4O4/c1-9(17)10-5-4-8-13-14(10)16-12-7-3-2-6-11(12)15-13;2*5-3(6)1-2-4(7)8/h2-8H,1H3;2*1-2H,(H,5,6)(H,7,8)/b;2*2-1-. The first-order chi connectivity index (χ1) is 15.5. The van der Waals surface area contributed by atoms with Crippen LogP contribution in [-0.2, 0) is 19.2 Å². The molecule has 0 atom stereocenters. The van der Waals surface area contributed by atoms with Crippen molar-refractivity contribution >= 4 is 51.7 Å². The van der Waals surface area contributed by atoms with Gasteiger partial charge in [-0.1, -0.05) is 18.2 Å². The lowest BCUT2D eigenvalue weighted by Gasteiger charge is -2.03. The highest BCUT2D eigenvalue weighted by Crippen LogP contribution is 2.19. The van der Waals surface area contributed by atoms with Gasteiger partial charge in [0.1, 0.15) is 5.52 Å². The highest BCUT2D eigenvalue weighted by atomic mass is 16.4. The number of nitrogens with zero attached hydrogens (tertiary/aromatic N) is 2. The predicted octanol–water partition coefficient (Wildman–Crippen LogP) is 2.41. The van der Waals surface area contributed by atoms with Gasteiger partial charge < -0.3 is 20.4 Å². The minimum Gasteiger partial charge on any atom is -0.478 e. The number of hydrogen-bond acceptors (Lipinski definition) is 7. The van der Waals surface area contributed by atoms with E-state index >= 15 is 0 Å². The minimum atomic E-state index is -1.26. The lowest BCUT2D eigenvalue weighted by molar-refractivity contribution is -0.134. The molecule has 3 rings (SSSR count). The van der Waals surface area contributed by atoms with Gasteiger partial charge in [-0.2, -0.15) is 0 Å². The predicted molar refractivity (Wildman–Crippen MR) is 116 cm³/mol. The van der Waals surface area contributed by atoms with Crippen LogP contribution in [0.15, 0.2) is 66.8 Å². The number of para-hydroxylation sites is 3. The summed E-state index contributed by atoms with van der Waals surface area (Å²) in [4.78, 5) is 58.8. The number of aromatic nitrogens is 2. The summed E-state index contributed by atoms with van der Waals surface area (Å²) < 4.78 is 0. The van der Waals surface area contributed by atoms with E-state index in [1.165, 1.54) is 0 Å². The van der Waals surface area contributed by atoms with E-state index in [1.807, 2.05) is 36.4 Å². The molecule has 0 radical (unpaired) electrons. The van der Waals surface area contributed by atoms with E-state index < -0.39 is 23.9 Å². The van der Waals surface area contributed by atoms with Crippen molar-refractivity contribution in [2.75, 3.05) is 0 Å². The summed E-state index contributed by atoms with van der Waals surface area (Å²) in [7, 11) is 0. The molecule has 0 spiro atoms. The third kappa shape index (κ3) is 9.61. The lowest BCUT2D eigenvalue weighted by atomic mass is 10.1. The maximum absolute atomic E-state index is 11.5. The van der Waals surface area contributed by atoms with Crippen molar-refractivity contribution in [3.05, 3.63) is 72.3 Å². The number of carbonyl (C=O) groups is 5. The number of benzene rings is 2. The molecule has 11 nitrogen and oxygen atoms in total. The Labute approximate surface area is 186 Å². The van der Waals surface area contributed by atoms with Crippen LogP contribution in [0, 0.1) is 0 Å². The second-order valence-corrected chi connectivity index (χ2v) is 5.96. The van der Waals surface area contributed by atoms with E-state index in [0.717, 1.165) is 16.6 Å². The molecular weight excluding hydrogens is 436 g/mol.